The maximum absolute atomic E-state index is 16.5. The van der Waals surface area contributed by atoms with E-state index < -0.39 is 17.3 Å². The van der Waals surface area contributed by atoms with E-state index in [9.17, 15) is 14.3 Å². The number of hydrogen-bond acceptors (Lipinski definition) is 7. The fourth-order valence-corrected chi connectivity index (χ4v) is 8.41. The zero-order chi connectivity index (χ0) is 32.2. The van der Waals surface area contributed by atoms with Crippen LogP contribution in [0.5, 0.6) is 5.75 Å². The minimum Gasteiger partial charge on any atom is -0.508 e. The van der Waals surface area contributed by atoms with E-state index in [1.807, 2.05) is 27.7 Å². The van der Waals surface area contributed by atoms with E-state index in [1.54, 1.807) is 0 Å². The SMILES string of the molecule is CC(C)c1ncnc(C(C)C)c1-n1c(=O)nc(C2C3CC4CCC(N4)[C@H]32)c2cc(F)c(-c3cc(O)cc4ccc(F)c(Cl)c34)nc21. The van der Waals surface area contributed by atoms with Crippen LogP contribution in [-0.2, 0) is 0 Å². The average molecular weight is 643 g/mol. The van der Waals surface area contributed by atoms with Gasteiger partial charge >= 0.3 is 5.69 Å². The molecular weight excluding hydrogens is 610 g/mol. The number of rotatable bonds is 5. The fraction of sp³-hybridized carbons (Fsp3) is 0.400. The molecule has 1 aliphatic carbocycles. The van der Waals surface area contributed by atoms with Crippen molar-refractivity contribution < 1.29 is 13.9 Å². The maximum atomic E-state index is 16.5. The molecule has 0 radical (unpaired) electrons. The summed E-state index contributed by atoms with van der Waals surface area (Å²) in [6.45, 7) is 7.93. The Morgan fingerprint density at radius 3 is 2.46 bits per heavy atom. The first-order chi connectivity index (χ1) is 22.0. The van der Waals surface area contributed by atoms with Crippen LogP contribution < -0.4 is 11.0 Å². The highest BCUT2D eigenvalue weighted by molar-refractivity contribution is 6.37. The number of hydrogen-bond donors (Lipinski definition) is 2. The molecule has 8 nitrogen and oxygen atoms in total. The van der Waals surface area contributed by atoms with E-state index >= 15 is 4.39 Å². The second-order valence-electron chi connectivity index (χ2n) is 13.6. The van der Waals surface area contributed by atoms with Gasteiger partial charge < -0.3 is 10.4 Å². The zero-order valence-electron chi connectivity index (χ0n) is 25.9. The van der Waals surface area contributed by atoms with Gasteiger partial charge in [0.1, 0.15) is 29.4 Å². The van der Waals surface area contributed by atoms with Gasteiger partial charge in [0.05, 0.1) is 27.8 Å². The minimum atomic E-state index is -0.700. The van der Waals surface area contributed by atoms with Gasteiger partial charge in [-0.2, -0.15) is 4.98 Å². The second kappa shape index (κ2) is 10.5. The minimum absolute atomic E-state index is 0.00556. The molecule has 3 aliphatic rings. The van der Waals surface area contributed by atoms with Gasteiger partial charge in [-0.15, -0.1) is 0 Å². The fourth-order valence-electron chi connectivity index (χ4n) is 8.14. The van der Waals surface area contributed by atoms with Gasteiger partial charge in [-0.05, 0) is 72.6 Å². The molecule has 3 fully saturated rings. The lowest BCUT2D eigenvalue weighted by Crippen LogP contribution is -2.35. The van der Waals surface area contributed by atoms with Crippen LogP contribution in [0.25, 0.3) is 38.8 Å². The van der Waals surface area contributed by atoms with E-state index in [0.717, 1.165) is 19.3 Å². The number of nitrogens with one attached hydrogen (secondary N) is 1. The highest BCUT2D eigenvalue weighted by Crippen LogP contribution is 2.63. The van der Waals surface area contributed by atoms with Crippen molar-refractivity contribution in [1.82, 2.24) is 29.8 Å². The molecule has 2 aliphatic heterocycles. The number of aromatic hydroxyl groups is 1. The van der Waals surface area contributed by atoms with Gasteiger partial charge in [0.2, 0.25) is 0 Å². The standard InChI is InChI=1S/C35H33ClF2N6O2/c1-14(2)29-33(30(15(3)4)40-13-39-29)44-34-21(32(43-35(44)46)27-19-10-17-6-8-24(41-17)26(19)27)12-23(38)31(42-34)20-11-18(45)9-16-5-7-22(37)28(36)25(16)20/h5,7,9,11-15,17,19,24,26-27,41,45H,6,8,10H2,1-4H3/t17?,19?,24?,26-,27?/m0/s1. The summed E-state index contributed by atoms with van der Waals surface area (Å²) in [7, 11) is 0. The molecule has 1 saturated carbocycles. The lowest BCUT2D eigenvalue weighted by Gasteiger charge is -2.21. The number of halogens is 3. The molecule has 8 rings (SSSR count). The normalized spacial score (nSPS) is 23.5. The van der Waals surface area contributed by atoms with Crippen LogP contribution in [0.1, 0.15) is 81.8 Å². The third-order valence-electron chi connectivity index (χ3n) is 10.1. The second-order valence-corrected chi connectivity index (χ2v) is 14.0. The number of piperidine rings is 1. The van der Waals surface area contributed by atoms with Crippen molar-refractivity contribution in [3.8, 4) is 22.7 Å². The van der Waals surface area contributed by atoms with E-state index in [-0.39, 0.29) is 50.8 Å². The van der Waals surface area contributed by atoms with Crippen molar-refractivity contribution in [2.24, 2.45) is 11.8 Å². The van der Waals surface area contributed by atoms with Gasteiger partial charge in [-0.25, -0.2) is 33.1 Å². The van der Waals surface area contributed by atoms with Crippen molar-refractivity contribution >= 4 is 33.4 Å². The first-order valence-corrected chi connectivity index (χ1v) is 16.3. The number of phenolic OH excluding ortho intramolecular Hbond substituents is 1. The summed E-state index contributed by atoms with van der Waals surface area (Å²) in [6.07, 6.45) is 4.71. The number of benzene rings is 2. The Morgan fingerprint density at radius 2 is 1.74 bits per heavy atom. The Labute approximate surface area is 268 Å². The molecule has 11 heteroatoms. The van der Waals surface area contributed by atoms with Crippen LogP contribution in [0, 0.1) is 23.5 Å². The van der Waals surface area contributed by atoms with E-state index in [1.165, 1.54) is 41.2 Å². The lowest BCUT2D eigenvalue weighted by atomic mass is 9.99. The van der Waals surface area contributed by atoms with Crippen LogP contribution >= 0.6 is 11.6 Å². The molecule has 0 amide bonds. The summed E-state index contributed by atoms with van der Waals surface area (Å²) < 4.78 is 32.7. The van der Waals surface area contributed by atoms with Gasteiger partial charge in [-0.1, -0.05) is 45.4 Å². The Morgan fingerprint density at radius 1 is 1.00 bits per heavy atom. The first kappa shape index (κ1) is 29.4. The molecule has 46 heavy (non-hydrogen) atoms. The van der Waals surface area contributed by atoms with Crippen molar-refractivity contribution in [1.29, 1.82) is 0 Å². The molecule has 5 atom stereocenters. The first-order valence-electron chi connectivity index (χ1n) is 15.9. The summed E-state index contributed by atoms with van der Waals surface area (Å²) >= 11 is 6.45. The van der Waals surface area contributed by atoms with Crippen LogP contribution in [-0.4, -0.2) is 41.7 Å². The lowest BCUT2D eigenvalue weighted by molar-refractivity contribution is 0.387. The highest BCUT2D eigenvalue weighted by atomic mass is 35.5. The number of nitrogens with zero attached hydrogens (tertiary/aromatic N) is 5. The quantitative estimate of drug-likeness (QED) is 0.210. The maximum Gasteiger partial charge on any atom is 0.354 e. The van der Waals surface area contributed by atoms with Crippen LogP contribution in [0.4, 0.5) is 8.78 Å². The number of fused-ring (bicyclic) bond motifs is 6. The molecule has 0 spiro atoms. The predicted molar refractivity (Wildman–Crippen MR) is 173 cm³/mol. The molecular formula is C35H33ClF2N6O2. The van der Waals surface area contributed by atoms with E-state index in [2.05, 4.69) is 20.3 Å². The van der Waals surface area contributed by atoms with Crippen LogP contribution in [0.15, 0.2) is 41.5 Å². The van der Waals surface area contributed by atoms with E-state index in [0.29, 0.717) is 57.5 Å². The molecule has 2 aromatic carbocycles. The highest BCUT2D eigenvalue weighted by Gasteiger charge is 2.61. The summed E-state index contributed by atoms with van der Waals surface area (Å²) in [5.41, 5.74) is 1.90. The molecule has 4 unspecified atom stereocenters. The van der Waals surface area contributed by atoms with Crippen molar-refractivity contribution in [3.63, 3.8) is 0 Å². The third kappa shape index (κ3) is 4.36. The predicted octanol–water partition coefficient (Wildman–Crippen LogP) is 7.13. The number of phenols is 1. The molecule has 236 valence electrons. The molecule has 5 aromatic rings. The summed E-state index contributed by atoms with van der Waals surface area (Å²) in [5.74, 6) is -1.02. The summed E-state index contributed by atoms with van der Waals surface area (Å²) in [5, 5.41) is 15.2. The number of aromatic nitrogens is 5. The summed E-state index contributed by atoms with van der Waals surface area (Å²) in [6, 6.07) is 7.60. The zero-order valence-corrected chi connectivity index (χ0v) is 26.6. The molecule has 2 saturated heterocycles. The molecule has 2 N–H and O–H groups in total. The van der Waals surface area contributed by atoms with Crippen LogP contribution in [0.2, 0.25) is 5.02 Å². The summed E-state index contributed by atoms with van der Waals surface area (Å²) in [4.78, 5) is 33.0. The molecule has 2 bridgehead atoms. The molecule has 3 aromatic heterocycles. The Bertz CT molecular complexity index is 2120. The van der Waals surface area contributed by atoms with Crippen molar-refractivity contribution in [2.75, 3.05) is 0 Å². The number of pyridine rings is 1. The van der Waals surface area contributed by atoms with Crippen molar-refractivity contribution in [3.05, 3.63) is 80.9 Å². The largest absolute Gasteiger partial charge is 0.508 e. The van der Waals surface area contributed by atoms with E-state index in [4.69, 9.17) is 16.6 Å². The Kier molecular flexibility index (Phi) is 6.71. The van der Waals surface area contributed by atoms with Crippen LogP contribution in [0.3, 0.4) is 0 Å². The Balaban J connectivity index is 1.46. The topological polar surface area (TPSA) is 106 Å². The van der Waals surface area contributed by atoms with Gasteiger partial charge in [0.15, 0.2) is 5.65 Å². The monoisotopic (exact) mass is 642 g/mol. The van der Waals surface area contributed by atoms with Gasteiger partial charge in [-0.3, -0.25) is 0 Å². The van der Waals surface area contributed by atoms with Gasteiger partial charge in [0.25, 0.3) is 0 Å². The average Bonchev–Trinajstić information content (AvgIpc) is 3.61. The molecule has 5 heterocycles. The Hall–Kier alpha value is -4.02. The van der Waals surface area contributed by atoms with Gasteiger partial charge in [0, 0.05) is 34.3 Å². The smallest absolute Gasteiger partial charge is 0.354 e. The third-order valence-corrected chi connectivity index (χ3v) is 10.5. The van der Waals surface area contributed by atoms with Crippen molar-refractivity contribution in [2.45, 2.75) is 76.8 Å².